The summed E-state index contributed by atoms with van der Waals surface area (Å²) in [6.07, 6.45) is 11.8. The van der Waals surface area contributed by atoms with Gasteiger partial charge in [0.05, 0.1) is 12.9 Å². The predicted molar refractivity (Wildman–Crippen MR) is 71.1 cm³/mol. The van der Waals surface area contributed by atoms with Gasteiger partial charge in [0, 0.05) is 37.9 Å². The van der Waals surface area contributed by atoms with Gasteiger partial charge >= 0.3 is 0 Å². The molecule has 0 fully saturated rings. The van der Waals surface area contributed by atoms with Crippen molar-refractivity contribution >= 4 is 0 Å². The minimum atomic E-state index is 0.853. The molecule has 2 heterocycles. The summed E-state index contributed by atoms with van der Waals surface area (Å²) in [5.41, 5.74) is 0. The smallest absolute Gasteiger partial charge is 0.122 e. The molecule has 0 atom stereocenters. The van der Waals surface area contributed by atoms with E-state index in [0.29, 0.717) is 0 Å². The third-order valence-corrected chi connectivity index (χ3v) is 2.89. The van der Waals surface area contributed by atoms with Crippen molar-refractivity contribution in [1.82, 2.24) is 24.4 Å². The average molecular weight is 247 g/mol. The van der Waals surface area contributed by atoms with Gasteiger partial charge in [-0.15, -0.1) is 0 Å². The highest BCUT2D eigenvalue weighted by atomic mass is 15.1. The molecule has 0 unspecified atom stereocenters. The second kappa shape index (κ2) is 6.96. The Morgan fingerprint density at radius 3 is 2.94 bits per heavy atom. The lowest BCUT2D eigenvalue weighted by Crippen LogP contribution is -2.18. The molecule has 0 saturated carbocycles. The summed E-state index contributed by atoms with van der Waals surface area (Å²) < 4.78 is 4.32. The molecule has 0 amide bonds. The highest BCUT2D eigenvalue weighted by Gasteiger charge is 2.01. The third kappa shape index (κ3) is 3.70. The van der Waals surface area contributed by atoms with E-state index in [4.69, 9.17) is 0 Å². The Morgan fingerprint density at radius 2 is 2.17 bits per heavy atom. The zero-order valence-corrected chi connectivity index (χ0v) is 10.9. The summed E-state index contributed by atoms with van der Waals surface area (Å²) in [5, 5.41) is 3.38. The number of aryl methyl sites for hydroxylation is 2. The molecule has 0 radical (unpaired) electrons. The SMILES string of the molecule is CCCNCc1nccn1CCCn1ccnc1. The van der Waals surface area contributed by atoms with E-state index in [1.807, 2.05) is 24.9 Å². The maximum Gasteiger partial charge on any atom is 0.122 e. The van der Waals surface area contributed by atoms with Crippen molar-refractivity contribution in [1.29, 1.82) is 0 Å². The topological polar surface area (TPSA) is 47.7 Å². The normalized spacial score (nSPS) is 10.9. The minimum Gasteiger partial charge on any atom is -0.337 e. The Bertz CT molecular complexity index is 432. The maximum atomic E-state index is 4.38. The van der Waals surface area contributed by atoms with Gasteiger partial charge in [0.2, 0.25) is 0 Å². The monoisotopic (exact) mass is 247 g/mol. The molecule has 0 aliphatic heterocycles. The molecule has 0 saturated heterocycles. The van der Waals surface area contributed by atoms with Crippen molar-refractivity contribution in [3.63, 3.8) is 0 Å². The quantitative estimate of drug-likeness (QED) is 0.722. The molecular formula is C13H21N5. The van der Waals surface area contributed by atoms with E-state index in [9.17, 15) is 0 Å². The van der Waals surface area contributed by atoms with Crippen LogP contribution in [0, 0.1) is 0 Å². The number of nitrogens with zero attached hydrogens (tertiary/aromatic N) is 4. The molecule has 0 aliphatic rings. The van der Waals surface area contributed by atoms with E-state index in [2.05, 4.69) is 37.5 Å². The van der Waals surface area contributed by atoms with Crippen LogP contribution in [0.1, 0.15) is 25.6 Å². The first kappa shape index (κ1) is 12.8. The first-order chi connectivity index (χ1) is 8.90. The lowest BCUT2D eigenvalue weighted by atomic mass is 10.4. The van der Waals surface area contributed by atoms with Crippen LogP contribution in [0.2, 0.25) is 0 Å². The van der Waals surface area contributed by atoms with Gasteiger partial charge in [-0.3, -0.25) is 0 Å². The fraction of sp³-hybridized carbons (Fsp3) is 0.538. The van der Waals surface area contributed by atoms with E-state index in [0.717, 1.165) is 44.8 Å². The van der Waals surface area contributed by atoms with Crippen molar-refractivity contribution in [2.75, 3.05) is 6.54 Å². The van der Waals surface area contributed by atoms with E-state index in [1.54, 1.807) is 0 Å². The largest absolute Gasteiger partial charge is 0.337 e. The Morgan fingerprint density at radius 1 is 1.22 bits per heavy atom. The van der Waals surface area contributed by atoms with Crippen molar-refractivity contribution in [2.45, 2.75) is 39.4 Å². The van der Waals surface area contributed by atoms with Gasteiger partial charge in [0.1, 0.15) is 5.82 Å². The molecule has 1 N–H and O–H groups in total. The average Bonchev–Trinajstić information content (AvgIpc) is 3.02. The van der Waals surface area contributed by atoms with Crippen LogP contribution in [-0.4, -0.2) is 25.6 Å². The number of aromatic nitrogens is 4. The number of hydrogen-bond donors (Lipinski definition) is 1. The van der Waals surface area contributed by atoms with E-state index < -0.39 is 0 Å². The second-order valence-corrected chi connectivity index (χ2v) is 4.37. The van der Waals surface area contributed by atoms with Crippen LogP contribution in [-0.2, 0) is 19.6 Å². The maximum absolute atomic E-state index is 4.38. The molecule has 2 aromatic heterocycles. The van der Waals surface area contributed by atoms with Gasteiger partial charge in [-0.25, -0.2) is 9.97 Å². The standard InChI is InChI=1S/C13H21N5/c1-2-4-14-11-13-16-6-10-18(13)8-3-7-17-9-5-15-12-17/h5-6,9-10,12,14H,2-4,7-8,11H2,1H3. The minimum absolute atomic E-state index is 0.853. The van der Waals surface area contributed by atoms with Crippen LogP contribution in [0.15, 0.2) is 31.1 Å². The lowest BCUT2D eigenvalue weighted by molar-refractivity contribution is 0.533. The van der Waals surface area contributed by atoms with E-state index >= 15 is 0 Å². The molecule has 5 heteroatoms. The lowest BCUT2D eigenvalue weighted by Gasteiger charge is -2.08. The van der Waals surface area contributed by atoms with E-state index in [1.165, 1.54) is 0 Å². The molecule has 18 heavy (non-hydrogen) atoms. The number of imidazole rings is 2. The van der Waals surface area contributed by atoms with E-state index in [-0.39, 0.29) is 0 Å². The van der Waals surface area contributed by atoms with Gasteiger partial charge in [0.15, 0.2) is 0 Å². The zero-order valence-electron chi connectivity index (χ0n) is 10.9. The van der Waals surface area contributed by atoms with Crippen LogP contribution < -0.4 is 5.32 Å². The van der Waals surface area contributed by atoms with Gasteiger partial charge in [-0.05, 0) is 19.4 Å². The number of nitrogens with one attached hydrogen (secondary N) is 1. The Hall–Kier alpha value is -1.62. The number of hydrogen-bond acceptors (Lipinski definition) is 3. The fourth-order valence-electron chi connectivity index (χ4n) is 1.93. The van der Waals surface area contributed by atoms with Gasteiger partial charge < -0.3 is 14.5 Å². The molecule has 0 aromatic carbocycles. The molecule has 0 spiro atoms. The second-order valence-electron chi connectivity index (χ2n) is 4.37. The van der Waals surface area contributed by atoms with Crippen LogP contribution in [0.3, 0.4) is 0 Å². The van der Waals surface area contributed by atoms with Crippen LogP contribution in [0.25, 0.3) is 0 Å². The summed E-state index contributed by atoms with van der Waals surface area (Å²) in [4.78, 5) is 8.42. The van der Waals surface area contributed by atoms with Gasteiger partial charge in [0.25, 0.3) is 0 Å². The summed E-state index contributed by atoms with van der Waals surface area (Å²) in [6, 6.07) is 0. The molecule has 2 aromatic rings. The highest BCUT2D eigenvalue weighted by Crippen LogP contribution is 2.01. The summed E-state index contributed by atoms with van der Waals surface area (Å²) in [5.74, 6) is 1.12. The third-order valence-electron chi connectivity index (χ3n) is 2.89. The van der Waals surface area contributed by atoms with Gasteiger partial charge in [-0.1, -0.05) is 6.92 Å². The first-order valence-corrected chi connectivity index (χ1v) is 6.56. The summed E-state index contributed by atoms with van der Waals surface area (Å²) in [6.45, 7) is 6.07. The molecule has 5 nitrogen and oxygen atoms in total. The summed E-state index contributed by atoms with van der Waals surface area (Å²) >= 11 is 0. The molecule has 2 rings (SSSR count). The van der Waals surface area contributed by atoms with Crippen molar-refractivity contribution in [3.05, 3.63) is 36.9 Å². The van der Waals surface area contributed by atoms with Crippen molar-refractivity contribution in [3.8, 4) is 0 Å². The molecule has 0 aliphatic carbocycles. The van der Waals surface area contributed by atoms with Crippen LogP contribution in [0.5, 0.6) is 0 Å². The van der Waals surface area contributed by atoms with Gasteiger partial charge in [-0.2, -0.15) is 0 Å². The predicted octanol–water partition coefficient (Wildman–Crippen LogP) is 1.67. The number of rotatable bonds is 8. The first-order valence-electron chi connectivity index (χ1n) is 6.56. The summed E-state index contributed by atoms with van der Waals surface area (Å²) in [7, 11) is 0. The molecular weight excluding hydrogens is 226 g/mol. The van der Waals surface area contributed by atoms with Crippen LogP contribution >= 0.6 is 0 Å². The zero-order chi connectivity index (χ0) is 12.6. The fourth-order valence-corrected chi connectivity index (χ4v) is 1.93. The Balaban J connectivity index is 1.76. The molecule has 98 valence electrons. The molecule has 0 bridgehead atoms. The van der Waals surface area contributed by atoms with Crippen LogP contribution in [0.4, 0.5) is 0 Å². The highest BCUT2D eigenvalue weighted by molar-refractivity contribution is 4.91. The van der Waals surface area contributed by atoms with Crippen molar-refractivity contribution < 1.29 is 0 Å². The van der Waals surface area contributed by atoms with Crippen molar-refractivity contribution in [2.24, 2.45) is 0 Å². The Labute approximate surface area is 108 Å². The Kier molecular flexibility index (Phi) is 4.96.